The zero-order chi connectivity index (χ0) is 6.24. The van der Waals surface area contributed by atoms with Gasteiger partial charge in [-0.1, -0.05) is 25.7 Å². The Kier molecular flexibility index (Phi) is 5.45. The minimum Gasteiger partial charge on any atom is -0.0894 e. The normalized spacial score (nSPS) is 5.75. The van der Waals surface area contributed by atoms with Gasteiger partial charge >= 0.3 is 0 Å². The standard InChI is InChI=1S/C8H10/c1-3-5-7-8-6-4-2/h3-4H2,1-2H3. The molecule has 8 heavy (non-hydrogen) atoms. The second-order valence-corrected chi connectivity index (χ2v) is 1.31. The van der Waals surface area contributed by atoms with E-state index < -0.39 is 0 Å². The van der Waals surface area contributed by atoms with Crippen LogP contribution in [0.25, 0.3) is 0 Å². The molecule has 0 amide bonds. The van der Waals surface area contributed by atoms with Gasteiger partial charge in [0.25, 0.3) is 0 Å². The molecule has 0 saturated carbocycles. The zero-order valence-electron chi connectivity index (χ0n) is 5.41. The van der Waals surface area contributed by atoms with Crippen LogP contribution < -0.4 is 0 Å². The van der Waals surface area contributed by atoms with Gasteiger partial charge in [0.15, 0.2) is 0 Å². The summed E-state index contributed by atoms with van der Waals surface area (Å²) in [6.07, 6.45) is 1.80. The Balaban J connectivity index is 3.40. The molecule has 0 aromatic carbocycles. The highest BCUT2D eigenvalue weighted by Gasteiger charge is 1.57. The molecule has 0 radical (unpaired) electrons. The van der Waals surface area contributed by atoms with Crippen molar-refractivity contribution in [1.82, 2.24) is 0 Å². The molecule has 0 bridgehead atoms. The summed E-state index contributed by atoms with van der Waals surface area (Å²) in [6, 6.07) is 0. The summed E-state index contributed by atoms with van der Waals surface area (Å²) in [7, 11) is 0. The zero-order valence-corrected chi connectivity index (χ0v) is 5.41. The Morgan fingerprint density at radius 2 is 1.25 bits per heavy atom. The van der Waals surface area contributed by atoms with E-state index in [0.717, 1.165) is 12.8 Å². The van der Waals surface area contributed by atoms with Crippen molar-refractivity contribution in [1.29, 1.82) is 0 Å². The maximum Gasteiger partial charge on any atom is 0.00704 e. The maximum absolute atomic E-state index is 2.86. The third-order valence-corrected chi connectivity index (χ3v) is 0.593. The highest BCUT2D eigenvalue weighted by molar-refractivity contribution is 5.25. The van der Waals surface area contributed by atoms with E-state index in [9.17, 15) is 0 Å². The van der Waals surface area contributed by atoms with E-state index in [-0.39, 0.29) is 0 Å². The van der Waals surface area contributed by atoms with Crippen molar-refractivity contribution in [3.05, 3.63) is 0 Å². The van der Waals surface area contributed by atoms with Crippen molar-refractivity contribution in [2.24, 2.45) is 0 Å². The van der Waals surface area contributed by atoms with Gasteiger partial charge in [0, 0.05) is 12.8 Å². The van der Waals surface area contributed by atoms with E-state index in [1.807, 2.05) is 13.8 Å². The topological polar surface area (TPSA) is 0 Å². The molecule has 0 heterocycles. The van der Waals surface area contributed by atoms with Crippen LogP contribution in [0.1, 0.15) is 26.7 Å². The fraction of sp³-hybridized carbons (Fsp3) is 0.500. The van der Waals surface area contributed by atoms with Gasteiger partial charge in [0.05, 0.1) is 0 Å². The molecule has 0 aromatic rings. The molecule has 0 aromatic heterocycles. The first-order valence-corrected chi connectivity index (χ1v) is 2.87. The van der Waals surface area contributed by atoms with Crippen molar-refractivity contribution in [2.45, 2.75) is 26.7 Å². The third-order valence-electron chi connectivity index (χ3n) is 0.593. The largest absolute Gasteiger partial charge is 0.0894 e. The van der Waals surface area contributed by atoms with Gasteiger partial charge in [-0.15, -0.1) is 0 Å². The van der Waals surface area contributed by atoms with E-state index in [1.54, 1.807) is 0 Å². The fourth-order valence-electron chi connectivity index (χ4n) is 0.265. The molecular weight excluding hydrogens is 96.1 g/mol. The summed E-state index contributed by atoms with van der Waals surface area (Å²) < 4.78 is 0. The monoisotopic (exact) mass is 106 g/mol. The van der Waals surface area contributed by atoms with Crippen molar-refractivity contribution in [2.75, 3.05) is 0 Å². The van der Waals surface area contributed by atoms with Gasteiger partial charge < -0.3 is 0 Å². The molecule has 0 N–H and O–H groups in total. The van der Waals surface area contributed by atoms with Crippen LogP contribution in [0.2, 0.25) is 0 Å². The Morgan fingerprint density at radius 3 is 1.50 bits per heavy atom. The molecule has 0 saturated heterocycles. The van der Waals surface area contributed by atoms with E-state index >= 15 is 0 Å². The Hall–Kier alpha value is -0.880. The lowest BCUT2D eigenvalue weighted by Gasteiger charge is -1.63. The van der Waals surface area contributed by atoms with E-state index in [2.05, 4.69) is 23.7 Å². The fourth-order valence-corrected chi connectivity index (χ4v) is 0.265. The van der Waals surface area contributed by atoms with E-state index in [1.165, 1.54) is 0 Å². The highest BCUT2D eigenvalue weighted by atomic mass is 13.6. The van der Waals surface area contributed by atoms with Crippen LogP contribution in [0, 0.1) is 23.7 Å². The van der Waals surface area contributed by atoms with Gasteiger partial charge in [0.2, 0.25) is 0 Å². The second-order valence-electron chi connectivity index (χ2n) is 1.31. The molecule has 0 unspecified atom stereocenters. The second kappa shape index (κ2) is 6.12. The van der Waals surface area contributed by atoms with Crippen LogP contribution in [0.5, 0.6) is 0 Å². The predicted octanol–water partition coefficient (Wildman–Crippen LogP) is 1.81. The summed E-state index contributed by atoms with van der Waals surface area (Å²) in [5, 5.41) is 0. The molecule has 0 aliphatic carbocycles. The summed E-state index contributed by atoms with van der Waals surface area (Å²) in [5.41, 5.74) is 0. The molecule has 0 atom stereocenters. The summed E-state index contributed by atoms with van der Waals surface area (Å²) in [5.74, 6) is 11.2. The molecule has 0 rings (SSSR count). The molecule has 0 nitrogen and oxygen atoms in total. The number of rotatable bonds is 0. The van der Waals surface area contributed by atoms with Crippen LogP contribution in [-0.4, -0.2) is 0 Å². The quantitative estimate of drug-likeness (QED) is 0.413. The van der Waals surface area contributed by atoms with Gasteiger partial charge in [-0.3, -0.25) is 0 Å². The summed E-state index contributed by atoms with van der Waals surface area (Å²) >= 11 is 0. The molecule has 0 spiro atoms. The van der Waals surface area contributed by atoms with Crippen LogP contribution in [0.3, 0.4) is 0 Å². The van der Waals surface area contributed by atoms with Crippen LogP contribution in [0.15, 0.2) is 0 Å². The average molecular weight is 106 g/mol. The number of hydrogen-bond donors (Lipinski definition) is 0. The van der Waals surface area contributed by atoms with Crippen molar-refractivity contribution in [3.8, 4) is 23.7 Å². The van der Waals surface area contributed by atoms with Crippen molar-refractivity contribution < 1.29 is 0 Å². The van der Waals surface area contributed by atoms with Gasteiger partial charge in [0.1, 0.15) is 0 Å². The lowest BCUT2D eigenvalue weighted by Crippen LogP contribution is -1.54. The van der Waals surface area contributed by atoms with Crippen LogP contribution in [-0.2, 0) is 0 Å². The van der Waals surface area contributed by atoms with E-state index in [4.69, 9.17) is 0 Å². The van der Waals surface area contributed by atoms with Gasteiger partial charge in [-0.25, -0.2) is 0 Å². The van der Waals surface area contributed by atoms with Crippen LogP contribution >= 0.6 is 0 Å². The average Bonchev–Trinajstić information content (AvgIpc) is 1.81. The smallest absolute Gasteiger partial charge is 0.00704 e. The molecule has 0 aliphatic heterocycles. The van der Waals surface area contributed by atoms with Crippen molar-refractivity contribution >= 4 is 0 Å². The Labute approximate surface area is 51.3 Å². The highest BCUT2D eigenvalue weighted by Crippen LogP contribution is 1.67. The van der Waals surface area contributed by atoms with Gasteiger partial charge in [-0.05, 0) is 11.8 Å². The van der Waals surface area contributed by atoms with Gasteiger partial charge in [-0.2, -0.15) is 0 Å². The molecule has 42 valence electrons. The van der Waals surface area contributed by atoms with Crippen LogP contribution in [0.4, 0.5) is 0 Å². The first-order valence-electron chi connectivity index (χ1n) is 2.87. The summed E-state index contributed by atoms with van der Waals surface area (Å²) in [4.78, 5) is 0. The first kappa shape index (κ1) is 7.12. The molecule has 0 aliphatic rings. The molecular formula is C8H10. The lowest BCUT2D eigenvalue weighted by molar-refractivity contribution is 1.27. The third kappa shape index (κ3) is 5.12. The lowest BCUT2D eigenvalue weighted by atomic mass is 10.4. The molecule has 0 heteroatoms. The Bertz CT molecular complexity index is 124. The predicted molar refractivity (Wildman–Crippen MR) is 36.1 cm³/mol. The van der Waals surface area contributed by atoms with E-state index in [0.29, 0.717) is 0 Å². The Morgan fingerprint density at radius 1 is 0.875 bits per heavy atom. The molecule has 0 fully saturated rings. The number of hydrogen-bond acceptors (Lipinski definition) is 0. The summed E-state index contributed by atoms with van der Waals surface area (Å²) in [6.45, 7) is 4.03. The maximum atomic E-state index is 2.86. The first-order chi connectivity index (χ1) is 3.91. The minimum atomic E-state index is 0.901. The van der Waals surface area contributed by atoms with Crippen molar-refractivity contribution in [3.63, 3.8) is 0 Å². The minimum absolute atomic E-state index is 0.901. The SMILES string of the molecule is CCC#CC#CCC.